The molecule has 8 nitrogen and oxygen atoms in total. The number of ether oxygens (including phenoxy) is 1. The summed E-state index contributed by atoms with van der Waals surface area (Å²) in [6, 6.07) is 5.84. The lowest BCUT2D eigenvalue weighted by molar-refractivity contribution is -0.122. The molecule has 0 heterocycles. The first-order valence-corrected chi connectivity index (χ1v) is 8.76. The Morgan fingerprint density at radius 3 is 2.21 bits per heavy atom. The summed E-state index contributed by atoms with van der Waals surface area (Å²) in [7, 11) is -2.27. The molecule has 0 fully saturated rings. The number of sulfonamides is 1. The van der Waals surface area contributed by atoms with Crippen LogP contribution in [0, 0.1) is 0 Å². The van der Waals surface area contributed by atoms with Crippen LogP contribution in [-0.4, -0.2) is 44.5 Å². The average molecular weight is 357 g/mol. The number of nitrogens with one attached hydrogen (secondary N) is 1. The summed E-state index contributed by atoms with van der Waals surface area (Å²) in [5, 5.41) is 7.65. The molecule has 0 aliphatic carbocycles. The summed E-state index contributed by atoms with van der Waals surface area (Å²) in [5.74, 6) is -0.362. The molecule has 24 heavy (non-hydrogen) atoms. The van der Waals surface area contributed by atoms with Gasteiger partial charge in [-0.05, 0) is 38.5 Å². The first-order chi connectivity index (χ1) is 10.9. The van der Waals surface area contributed by atoms with Crippen LogP contribution in [0.2, 0.25) is 0 Å². The first-order valence-electron chi connectivity index (χ1n) is 7.21. The van der Waals surface area contributed by atoms with Gasteiger partial charge in [-0.3, -0.25) is 4.79 Å². The minimum absolute atomic E-state index is 0.00207. The number of carbonyl (C=O) groups is 2. The zero-order chi connectivity index (χ0) is 18.5. The molecule has 2 amide bonds. The molecule has 0 unspecified atom stereocenters. The van der Waals surface area contributed by atoms with Crippen molar-refractivity contribution < 1.29 is 22.7 Å². The van der Waals surface area contributed by atoms with Crippen molar-refractivity contribution in [1.82, 2.24) is 10.2 Å². The molecular formula is C15H23N3O5S. The number of nitrogens with two attached hydrogens (primary N) is 1. The van der Waals surface area contributed by atoms with Crippen molar-refractivity contribution in [2.24, 2.45) is 5.14 Å². The van der Waals surface area contributed by atoms with Gasteiger partial charge in [-0.1, -0.05) is 12.1 Å². The lowest BCUT2D eigenvalue weighted by Gasteiger charge is -2.24. The summed E-state index contributed by atoms with van der Waals surface area (Å²) in [4.78, 5) is 24.8. The highest BCUT2D eigenvalue weighted by Gasteiger charge is 2.21. The van der Waals surface area contributed by atoms with E-state index in [1.54, 1.807) is 32.9 Å². The van der Waals surface area contributed by atoms with Gasteiger partial charge in [-0.15, -0.1) is 0 Å². The molecular weight excluding hydrogens is 334 g/mol. The fourth-order valence-corrected chi connectivity index (χ4v) is 2.19. The fraction of sp³-hybridized carbons (Fsp3) is 0.467. The predicted octanol–water partition coefficient (Wildman–Crippen LogP) is 0.817. The van der Waals surface area contributed by atoms with Gasteiger partial charge in [-0.25, -0.2) is 18.4 Å². The van der Waals surface area contributed by atoms with E-state index in [2.05, 4.69) is 5.32 Å². The van der Waals surface area contributed by atoms with Crippen LogP contribution in [0.1, 0.15) is 26.3 Å². The summed E-state index contributed by atoms with van der Waals surface area (Å²) in [6.45, 7) is 5.27. The number of benzene rings is 1. The normalized spacial score (nSPS) is 11.7. The van der Waals surface area contributed by atoms with Gasteiger partial charge in [0.1, 0.15) is 12.1 Å². The topological polar surface area (TPSA) is 119 Å². The number of likely N-dealkylation sites (N-methyl/N-ethyl adjacent to an activating group) is 1. The smallest absolute Gasteiger partial charge is 0.410 e. The third-order valence-electron chi connectivity index (χ3n) is 2.83. The number of carbonyl (C=O) groups excluding carboxylic acids is 2. The van der Waals surface area contributed by atoms with E-state index in [4.69, 9.17) is 9.88 Å². The SMILES string of the molecule is CN(CC(=O)NCc1ccc(S(N)(=O)=O)cc1)C(=O)OC(C)(C)C. The number of hydrogen-bond donors (Lipinski definition) is 2. The number of amides is 2. The standard InChI is InChI=1S/C15H23N3O5S/c1-15(2,3)23-14(20)18(4)10-13(19)17-9-11-5-7-12(8-6-11)24(16,21)22/h5-8H,9-10H2,1-4H3,(H,17,19)(H2,16,21,22). The highest BCUT2D eigenvalue weighted by molar-refractivity contribution is 7.89. The number of rotatable bonds is 5. The Labute approximate surface area is 142 Å². The minimum atomic E-state index is -3.74. The summed E-state index contributed by atoms with van der Waals surface area (Å²) in [5.41, 5.74) is 0.0723. The molecule has 1 aromatic rings. The van der Waals surface area contributed by atoms with Gasteiger partial charge in [-0.2, -0.15) is 0 Å². The van der Waals surface area contributed by atoms with Crippen molar-refractivity contribution in [3.63, 3.8) is 0 Å². The van der Waals surface area contributed by atoms with Gasteiger partial charge in [0.2, 0.25) is 15.9 Å². The van der Waals surface area contributed by atoms with E-state index in [1.165, 1.54) is 24.1 Å². The van der Waals surface area contributed by atoms with Crippen LogP contribution in [0.3, 0.4) is 0 Å². The Hall–Kier alpha value is -2.13. The summed E-state index contributed by atoms with van der Waals surface area (Å²) < 4.78 is 27.5. The summed E-state index contributed by atoms with van der Waals surface area (Å²) >= 11 is 0. The Balaban J connectivity index is 2.50. The Bertz CT molecular complexity index is 693. The molecule has 0 aromatic heterocycles. The molecule has 1 rings (SSSR count). The second-order valence-corrected chi connectivity index (χ2v) is 7.86. The third kappa shape index (κ3) is 6.97. The zero-order valence-electron chi connectivity index (χ0n) is 14.2. The van der Waals surface area contributed by atoms with Gasteiger partial charge >= 0.3 is 6.09 Å². The molecule has 134 valence electrons. The van der Waals surface area contributed by atoms with Gasteiger partial charge in [0.15, 0.2) is 0 Å². The van der Waals surface area contributed by atoms with Crippen LogP contribution in [-0.2, 0) is 26.1 Å². The molecule has 0 atom stereocenters. The number of primary sulfonamides is 1. The number of nitrogens with zero attached hydrogens (tertiary/aromatic N) is 1. The van der Waals surface area contributed by atoms with E-state index in [0.717, 1.165) is 0 Å². The summed E-state index contributed by atoms with van der Waals surface area (Å²) in [6.07, 6.45) is -0.588. The molecule has 0 aliphatic rings. The average Bonchev–Trinajstić information content (AvgIpc) is 2.42. The maximum absolute atomic E-state index is 11.8. The van der Waals surface area contributed by atoms with Crippen molar-refractivity contribution >= 4 is 22.0 Å². The van der Waals surface area contributed by atoms with Crippen molar-refractivity contribution in [2.75, 3.05) is 13.6 Å². The van der Waals surface area contributed by atoms with Crippen LogP contribution in [0.4, 0.5) is 4.79 Å². The monoisotopic (exact) mass is 357 g/mol. The van der Waals surface area contributed by atoms with E-state index >= 15 is 0 Å². The van der Waals surface area contributed by atoms with E-state index in [9.17, 15) is 18.0 Å². The lowest BCUT2D eigenvalue weighted by atomic mass is 10.2. The lowest BCUT2D eigenvalue weighted by Crippen LogP contribution is -2.40. The van der Waals surface area contributed by atoms with Crippen molar-refractivity contribution in [3.05, 3.63) is 29.8 Å². The minimum Gasteiger partial charge on any atom is -0.444 e. The maximum Gasteiger partial charge on any atom is 0.410 e. The Kier molecular flexibility index (Phi) is 6.33. The predicted molar refractivity (Wildman–Crippen MR) is 88.5 cm³/mol. The number of hydrogen-bond acceptors (Lipinski definition) is 5. The molecule has 9 heteroatoms. The highest BCUT2D eigenvalue weighted by atomic mass is 32.2. The first kappa shape index (κ1) is 19.9. The molecule has 0 bridgehead atoms. The zero-order valence-corrected chi connectivity index (χ0v) is 15.0. The van der Waals surface area contributed by atoms with Crippen LogP contribution in [0.15, 0.2) is 29.2 Å². The second kappa shape index (κ2) is 7.63. The van der Waals surface area contributed by atoms with Gasteiger partial charge < -0.3 is 15.0 Å². The Morgan fingerprint density at radius 1 is 1.21 bits per heavy atom. The van der Waals surface area contributed by atoms with Crippen LogP contribution >= 0.6 is 0 Å². The van der Waals surface area contributed by atoms with Crippen molar-refractivity contribution in [1.29, 1.82) is 0 Å². The largest absolute Gasteiger partial charge is 0.444 e. The molecule has 0 saturated carbocycles. The maximum atomic E-state index is 11.8. The molecule has 0 spiro atoms. The Morgan fingerprint density at radius 2 is 1.75 bits per heavy atom. The third-order valence-corrected chi connectivity index (χ3v) is 3.76. The van der Waals surface area contributed by atoms with E-state index < -0.39 is 21.7 Å². The van der Waals surface area contributed by atoms with E-state index in [0.29, 0.717) is 5.56 Å². The molecule has 0 aliphatic heterocycles. The quantitative estimate of drug-likeness (QED) is 0.808. The van der Waals surface area contributed by atoms with Crippen LogP contribution in [0.5, 0.6) is 0 Å². The van der Waals surface area contributed by atoms with Crippen molar-refractivity contribution in [2.45, 2.75) is 37.8 Å². The van der Waals surface area contributed by atoms with Crippen LogP contribution in [0.25, 0.3) is 0 Å². The van der Waals surface area contributed by atoms with Gasteiger partial charge in [0, 0.05) is 13.6 Å². The molecule has 0 saturated heterocycles. The molecule has 0 radical (unpaired) electrons. The van der Waals surface area contributed by atoms with Crippen molar-refractivity contribution in [3.8, 4) is 0 Å². The van der Waals surface area contributed by atoms with Crippen LogP contribution < -0.4 is 10.5 Å². The molecule has 3 N–H and O–H groups in total. The molecule has 1 aromatic carbocycles. The fourth-order valence-electron chi connectivity index (χ4n) is 1.67. The van der Waals surface area contributed by atoms with Gasteiger partial charge in [0.25, 0.3) is 0 Å². The van der Waals surface area contributed by atoms with E-state index in [-0.39, 0.29) is 23.9 Å². The van der Waals surface area contributed by atoms with Gasteiger partial charge in [0.05, 0.1) is 4.90 Å². The highest BCUT2D eigenvalue weighted by Crippen LogP contribution is 2.10. The van der Waals surface area contributed by atoms with E-state index in [1.807, 2.05) is 0 Å². The second-order valence-electron chi connectivity index (χ2n) is 6.30.